The Bertz CT molecular complexity index is 517. The summed E-state index contributed by atoms with van der Waals surface area (Å²) in [6.07, 6.45) is -6.28. The molecule has 1 unspecified atom stereocenters. The minimum absolute atomic E-state index is 0.0776. The van der Waals surface area contributed by atoms with Crippen molar-refractivity contribution in [3.63, 3.8) is 0 Å². The van der Waals surface area contributed by atoms with Crippen LogP contribution >= 0.6 is 0 Å². The summed E-state index contributed by atoms with van der Waals surface area (Å²) in [6.45, 7) is -0.157. The number of halogens is 4. The Morgan fingerprint density at radius 1 is 1.35 bits per heavy atom. The third-order valence-corrected chi connectivity index (χ3v) is 3.25. The molecular formula is C10H14F4N2O3S. The topological polar surface area (TPSA) is 66.8 Å². The molecule has 0 aromatic carbocycles. The summed E-state index contributed by atoms with van der Waals surface area (Å²) in [5.74, 6) is -2.76. The molecule has 1 aliphatic rings. The molecule has 1 heterocycles. The highest BCUT2D eigenvalue weighted by atomic mass is 32.2. The van der Waals surface area contributed by atoms with Gasteiger partial charge in [-0.2, -0.15) is 17.5 Å². The van der Waals surface area contributed by atoms with Gasteiger partial charge in [-0.25, -0.2) is 8.60 Å². The molecule has 0 aliphatic carbocycles. The van der Waals surface area contributed by atoms with Gasteiger partial charge in [-0.15, -0.1) is 0 Å². The molecule has 1 rings (SSSR count). The maximum absolute atomic E-state index is 13.0. The van der Waals surface area contributed by atoms with Crippen LogP contribution in [0.3, 0.4) is 0 Å². The summed E-state index contributed by atoms with van der Waals surface area (Å²) < 4.78 is 64.3. The van der Waals surface area contributed by atoms with Crippen molar-refractivity contribution in [1.82, 2.24) is 4.90 Å². The fraction of sp³-hybridized carbons (Fsp3) is 0.800. The van der Waals surface area contributed by atoms with Crippen molar-refractivity contribution >= 4 is 21.5 Å². The minimum atomic E-state index is -5.31. The molecule has 0 bridgehead atoms. The van der Waals surface area contributed by atoms with Crippen LogP contribution in [0, 0.1) is 0 Å². The van der Waals surface area contributed by atoms with E-state index in [1.807, 2.05) is 0 Å². The highest BCUT2D eigenvalue weighted by Gasteiger charge is 2.50. The molecule has 0 saturated carbocycles. The maximum atomic E-state index is 13.0. The molecule has 0 N–H and O–H groups in total. The smallest absolute Gasteiger partial charge is 0.328 e. The highest BCUT2D eigenvalue weighted by molar-refractivity contribution is 7.92. The SMILES string of the molecule is CS(C)(=O)=NC(=O)[C@@H]1CCCN1C(=O)C(F)C(F)(F)F. The normalized spacial score (nSPS) is 21.7. The number of alkyl halides is 4. The molecule has 116 valence electrons. The van der Waals surface area contributed by atoms with Gasteiger partial charge in [-0.05, 0) is 12.8 Å². The number of hydrogen-bond donors (Lipinski definition) is 0. The van der Waals surface area contributed by atoms with Crippen LogP contribution < -0.4 is 0 Å². The van der Waals surface area contributed by atoms with E-state index in [4.69, 9.17) is 0 Å². The van der Waals surface area contributed by atoms with E-state index in [-0.39, 0.29) is 19.4 Å². The second-order valence-electron chi connectivity index (χ2n) is 4.70. The summed E-state index contributed by atoms with van der Waals surface area (Å²) in [5, 5.41) is 0. The minimum Gasteiger partial charge on any atom is -0.328 e. The Hall–Kier alpha value is -1.19. The number of amides is 2. The third-order valence-electron chi connectivity index (χ3n) is 2.63. The first kappa shape index (κ1) is 16.9. The molecule has 0 aromatic rings. The van der Waals surface area contributed by atoms with Gasteiger partial charge in [0, 0.05) is 28.8 Å². The van der Waals surface area contributed by atoms with E-state index in [1.165, 1.54) is 12.5 Å². The molecule has 20 heavy (non-hydrogen) atoms. The Labute approximate surface area is 113 Å². The number of nitrogens with zero attached hydrogens (tertiary/aromatic N) is 2. The Morgan fingerprint density at radius 3 is 2.35 bits per heavy atom. The molecule has 1 aliphatic heterocycles. The quantitative estimate of drug-likeness (QED) is 0.717. The Morgan fingerprint density at radius 2 is 1.90 bits per heavy atom. The molecule has 1 saturated heterocycles. The van der Waals surface area contributed by atoms with Crippen LogP contribution in [0.15, 0.2) is 4.36 Å². The lowest BCUT2D eigenvalue weighted by atomic mass is 10.2. The molecule has 0 aromatic heterocycles. The summed E-state index contributed by atoms with van der Waals surface area (Å²) in [6, 6.07) is -1.27. The molecule has 5 nitrogen and oxygen atoms in total. The third kappa shape index (κ3) is 4.15. The van der Waals surface area contributed by atoms with Gasteiger partial charge < -0.3 is 4.90 Å². The Balaban J connectivity index is 2.94. The molecule has 1 fully saturated rings. The molecule has 0 radical (unpaired) electrons. The standard InChI is InChI=1S/C10H14F4N2O3S/c1-20(2,19)15-8(17)6-4-3-5-16(6)9(18)7(11)10(12,13)14/h6-7H,3-5H2,1-2H3/t6-,7?/m0/s1. The summed E-state index contributed by atoms with van der Waals surface area (Å²) >= 11 is 0. The lowest BCUT2D eigenvalue weighted by molar-refractivity contribution is -0.193. The summed E-state index contributed by atoms with van der Waals surface area (Å²) in [7, 11) is -2.79. The van der Waals surface area contributed by atoms with Crippen molar-refractivity contribution in [3.05, 3.63) is 0 Å². The van der Waals surface area contributed by atoms with Gasteiger partial charge in [0.05, 0.1) is 0 Å². The second kappa shape index (κ2) is 5.66. The van der Waals surface area contributed by atoms with Gasteiger partial charge in [0.1, 0.15) is 6.04 Å². The van der Waals surface area contributed by atoms with Crippen LogP contribution in [0.4, 0.5) is 17.6 Å². The van der Waals surface area contributed by atoms with Crippen LogP contribution in [-0.2, 0) is 19.3 Å². The van der Waals surface area contributed by atoms with Crippen molar-refractivity contribution < 1.29 is 31.4 Å². The summed E-state index contributed by atoms with van der Waals surface area (Å²) in [5.41, 5.74) is 0. The van der Waals surface area contributed by atoms with Gasteiger partial charge in [-0.3, -0.25) is 9.59 Å². The van der Waals surface area contributed by atoms with E-state index in [1.54, 1.807) is 0 Å². The largest absolute Gasteiger partial charge is 0.428 e. The number of likely N-dealkylation sites (tertiary alicyclic amines) is 1. The van der Waals surface area contributed by atoms with Gasteiger partial charge in [0.15, 0.2) is 0 Å². The van der Waals surface area contributed by atoms with Crippen LogP contribution in [0.2, 0.25) is 0 Å². The van der Waals surface area contributed by atoms with Crippen LogP contribution in [0.5, 0.6) is 0 Å². The van der Waals surface area contributed by atoms with Crippen molar-refractivity contribution in [3.8, 4) is 0 Å². The van der Waals surface area contributed by atoms with E-state index in [0.29, 0.717) is 4.90 Å². The monoisotopic (exact) mass is 318 g/mol. The average molecular weight is 318 g/mol. The van der Waals surface area contributed by atoms with E-state index < -0.39 is 39.9 Å². The van der Waals surface area contributed by atoms with Crippen LogP contribution in [-0.4, -0.2) is 58.4 Å². The fourth-order valence-electron chi connectivity index (χ4n) is 1.85. The predicted octanol–water partition coefficient (Wildman–Crippen LogP) is 1.13. The first-order valence-electron chi connectivity index (χ1n) is 5.66. The first-order valence-corrected chi connectivity index (χ1v) is 7.99. The van der Waals surface area contributed by atoms with Crippen molar-refractivity contribution in [1.29, 1.82) is 0 Å². The number of rotatable bonds is 2. The van der Waals surface area contributed by atoms with E-state index >= 15 is 0 Å². The number of carbonyl (C=O) groups excluding carboxylic acids is 2. The molecular weight excluding hydrogens is 304 g/mol. The number of hydrogen-bond acceptors (Lipinski definition) is 3. The molecule has 0 spiro atoms. The maximum Gasteiger partial charge on any atom is 0.428 e. The zero-order chi connectivity index (χ0) is 15.7. The van der Waals surface area contributed by atoms with E-state index in [2.05, 4.69) is 4.36 Å². The lowest BCUT2D eigenvalue weighted by Crippen LogP contribution is -2.48. The van der Waals surface area contributed by atoms with Gasteiger partial charge in [-0.1, -0.05) is 0 Å². The Kier molecular flexibility index (Phi) is 4.78. The lowest BCUT2D eigenvalue weighted by Gasteiger charge is -2.24. The van der Waals surface area contributed by atoms with Crippen molar-refractivity contribution in [2.45, 2.75) is 31.2 Å². The highest BCUT2D eigenvalue weighted by Crippen LogP contribution is 2.28. The van der Waals surface area contributed by atoms with Crippen LogP contribution in [0.25, 0.3) is 0 Å². The molecule has 2 amide bonds. The first-order chi connectivity index (χ1) is 8.93. The van der Waals surface area contributed by atoms with Crippen molar-refractivity contribution in [2.24, 2.45) is 4.36 Å². The molecule has 10 heteroatoms. The van der Waals surface area contributed by atoms with Crippen molar-refractivity contribution in [2.75, 3.05) is 19.1 Å². The zero-order valence-electron chi connectivity index (χ0n) is 10.8. The number of carbonyl (C=O) groups is 2. The van der Waals surface area contributed by atoms with Gasteiger partial charge >= 0.3 is 6.18 Å². The zero-order valence-corrected chi connectivity index (χ0v) is 11.6. The predicted molar refractivity (Wildman–Crippen MR) is 63.1 cm³/mol. The van der Waals surface area contributed by atoms with Crippen LogP contribution in [0.1, 0.15) is 12.8 Å². The fourth-order valence-corrected chi connectivity index (χ4v) is 2.41. The second-order valence-corrected chi connectivity index (χ2v) is 7.25. The summed E-state index contributed by atoms with van der Waals surface area (Å²) in [4.78, 5) is 23.7. The van der Waals surface area contributed by atoms with E-state index in [0.717, 1.165) is 0 Å². The van der Waals surface area contributed by atoms with E-state index in [9.17, 15) is 31.4 Å². The molecule has 2 atom stereocenters. The van der Waals surface area contributed by atoms with Gasteiger partial charge in [0.25, 0.3) is 18.0 Å². The average Bonchev–Trinajstić information content (AvgIpc) is 2.72. The van der Waals surface area contributed by atoms with Gasteiger partial charge in [0.2, 0.25) is 0 Å².